The van der Waals surface area contributed by atoms with E-state index in [2.05, 4.69) is 20.4 Å². The van der Waals surface area contributed by atoms with Crippen molar-refractivity contribution in [2.24, 2.45) is 0 Å². The van der Waals surface area contributed by atoms with Crippen LogP contribution in [0, 0.1) is 0 Å². The first-order valence-corrected chi connectivity index (χ1v) is 9.97. The summed E-state index contributed by atoms with van der Waals surface area (Å²) in [6, 6.07) is 5.61. The van der Waals surface area contributed by atoms with Gasteiger partial charge in [-0.05, 0) is 17.7 Å². The highest BCUT2D eigenvalue weighted by atomic mass is 32.1. The van der Waals surface area contributed by atoms with Gasteiger partial charge in [-0.3, -0.25) is 5.10 Å². The second-order valence-electron chi connectivity index (χ2n) is 6.08. The zero-order chi connectivity index (χ0) is 17.5. The van der Waals surface area contributed by atoms with E-state index in [0.29, 0.717) is 0 Å². The van der Waals surface area contributed by atoms with Crippen LogP contribution in [-0.2, 0) is 0 Å². The third-order valence-electron chi connectivity index (χ3n) is 4.41. The number of rotatable bonds is 3. The number of H-pyrrole nitrogens is 1. The van der Waals surface area contributed by atoms with E-state index in [4.69, 9.17) is 9.97 Å². The van der Waals surface area contributed by atoms with Crippen LogP contribution in [0.3, 0.4) is 0 Å². The van der Waals surface area contributed by atoms with Crippen LogP contribution in [0.2, 0.25) is 0 Å². The van der Waals surface area contributed by atoms with Crippen molar-refractivity contribution < 1.29 is 5.11 Å². The van der Waals surface area contributed by atoms with Crippen LogP contribution in [0.4, 0.5) is 5.13 Å². The van der Waals surface area contributed by atoms with E-state index in [-0.39, 0.29) is 5.75 Å². The molecule has 1 saturated heterocycles. The van der Waals surface area contributed by atoms with E-state index in [9.17, 15) is 5.11 Å². The summed E-state index contributed by atoms with van der Waals surface area (Å²) in [7, 11) is 0. The molecule has 0 amide bonds. The van der Waals surface area contributed by atoms with Crippen LogP contribution in [-0.4, -0.2) is 51.5 Å². The lowest BCUT2D eigenvalue weighted by Crippen LogP contribution is -2.43. The predicted octanol–water partition coefficient (Wildman–Crippen LogP) is 2.93. The fourth-order valence-corrected chi connectivity index (χ4v) is 5.16. The number of hydrogen-bond acceptors (Lipinski definition) is 8. The predicted molar refractivity (Wildman–Crippen MR) is 105 cm³/mol. The Hall–Kier alpha value is -2.49. The number of aromatic amines is 1. The lowest BCUT2D eigenvalue weighted by molar-refractivity contribution is 0.477. The number of anilines is 1. The average molecular weight is 384 g/mol. The van der Waals surface area contributed by atoms with E-state index in [1.165, 1.54) is 11.3 Å². The molecule has 0 spiro atoms. The highest BCUT2D eigenvalue weighted by Gasteiger charge is 2.19. The highest BCUT2D eigenvalue weighted by molar-refractivity contribution is 7.29. The van der Waals surface area contributed by atoms with E-state index in [1.807, 2.05) is 12.1 Å². The smallest absolute Gasteiger partial charge is 0.188 e. The molecule has 132 valence electrons. The van der Waals surface area contributed by atoms with Gasteiger partial charge in [0.2, 0.25) is 0 Å². The first kappa shape index (κ1) is 15.7. The number of fused-ring (bicyclic) bond motifs is 1. The molecule has 0 atom stereocenters. The Kier molecular flexibility index (Phi) is 3.84. The normalized spacial score (nSPS) is 15.0. The van der Waals surface area contributed by atoms with Gasteiger partial charge in [-0.2, -0.15) is 5.10 Å². The van der Waals surface area contributed by atoms with E-state index in [0.717, 1.165) is 62.7 Å². The molecule has 5 rings (SSSR count). The minimum Gasteiger partial charge on any atom is -0.507 e. The zero-order valence-corrected chi connectivity index (χ0v) is 15.4. The average Bonchev–Trinajstić information content (AvgIpc) is 3.38. The molecule has 0 bridgehead atoms. The number of piperazine rings is 1. The molecule has 4 aromatic rings. The van der Waals surface area contributed by atoms with Crippen molar-refractivity contribution in [1.29, 1.82) is 0 Å². The van der Waals surface area contributed by atoms with Gasteiger partial charge in [0.1, 0.15) is 10.8 Å². The van der Waals surface area contributed by atoms with Crippen LogP contribution >= 0.6 is 22.7 Å². The van der Waals surface area contributed by atoms with Crippen molar-refractivity contribution in [3.63, 3.8) is 0 Å². The van der Waals surface area contributed by atoms with E-state index < -0.39 is 0 Å². The van der Waals surface area contributed by atoms with Crippen molar-refractivity contribution in [3.05, 3.63) is 30.6 Å². The Bertz CT molecular complexity index is 1020. The van der Waals surface area contributed by atoms with Crippen molar-refractivity contribution >= 4 is 37.5 Å². The second-order valence-corrected chi connectivity index (χ2v) is 8.02. The van der Waals surface area contributed by atoms with Gasteiger partial charge in [0, 0.05) is 37.9 Å². The Morgan fingerprint density at radius 1 is 1.04 bits per heavy atom. The molecular weight excluding hydrogens is 368 g/mol. The largest absolute Gasteiger partial charge is 0.507 e. The number of benzene rings is 1. The van der Waals surface area contributed by atoms with Gasteiger partial charge in [0.25, 0.3) is 0 Å². The second kappa shape index (κ2) is 6.35. The van der Waals surface area contributed by atoms with Crippen molar-refractivity contribution in [2.45, 2.75) is 0 Å². The summed E-state index contributed by atoms with van der Waals surface area (Å²) in [4.78, 5) is 13.6. The van der Waals surface area contributed by atoms with Crippen LogP contribution < -0.4 is 10.2 Å². The van der Waals surface area contributed by atoms with Crippen molar-refractivity contribution in [2.75, 3.05) is 31.1 Å². The van der Waals surface area contributed by atoms with Gasteiger partial charge in [-0.1, -0.05) is 28.7 Å². The number of nitrogens with zero attached hydrogens (tertiary/aromatic N) is 4. The molecule has 0 radical (unpaired) electrons. The molecule has 26 heavy (non-hydrogen) atoms. The molecule has 0 saturated carbocycles. The molecule has 9 heteroatoms. The van der Waals surface area contributed by atoms with Gasteiger partial charge < -0.3 is 15.3 Å². The van der Waals surface area contributed by atoms with E-state index in [1.54, 1.807) is 29.8 Å². The molecule has 1 aliphatic heterocycles. The van der Waals surface area contributed by atoms with Gasteiger partial charge >= 0.3 is 0 Å². The third-order valence-corrected chi connectivity index (χ3v) is 6.53. The SMILES string of the molecule is Oc1cc(-c2cn[nH]c2)ccc1-c1nc2sc(N3CCNCC3)nc2s1. The number of thiazole rings is 2. The number of phenolic OH excluding ortho intramolecular Hbond substituents is 1. The fraction of sp³-hybridized carbons (Fsp3) is 0.235. The first-order valence-electron chi connectivity index (χ1n) is 8.33. The van der Waals surface area contributed by atoms with Crippen LogP contribution in [0.1, 0.15) is 0 Å². The quantitative estimate of drug-likeness (QED) is 0.503. The van der Waals surface area contributed by atoms with Crippen LogP contribution in [0.25, 0.3) is 31.4 Å². The summed E-state index contributed by atoms with van der Waals surface area (Å²) >= 11 is 3.14. The number of nitrogens with one attached hydrogen (secondary N) is 2. The number of aromatic nitrogens is 4. The summed E-state index contributed by atoms with van der Waals surface area (Å²) in [5, 5.41) is 22.4. The number of aromatic hydroxyl groups is 1. The minimum absolute atomic E-state index is 0.215. The Morgan fingerprint density at radius 3 is 2.62 bits per heavy atom. The Balaban J connectivity index is 1.46. The van der Waals surface area contributed by atoms with Crippen molar-refractivity contribution in [1.82, 2.24) is 25.5 Å². The number of phenols is 1. The molecule has 0 unspecified atom stereocenters. The van der Waals surface area contributed by atoms with Gasteiger partial charge in [0.15, 0.2) is 14.8 Å². The Morgan fingerprint density at radius 2 is 1.88 bits per heavy atom. The number of hydrogen-bond donors (Lipinski definition) is 3. The van der Waals surface area contributed by atoms with Gasteiger partial charge in [-0.15, -0.1) is 0 Å². The van der Waals surface area contributed by atoms with E-state index >= 15 is 0 Å². The molecule has 1 fully saturated rings. The standard InChI is InChI=1S/C17H16N6OS2/c24-13-7-10(11-8-19-20-9-11)1-2-12(13)14-21-15-16(25-14)22-17(26-15)23-5-3-18-4-6-23/h1-2,7-9,18,24H,3-6H2,(H,19,20). The fourth-order valence-electron chi connectivity index (χ4n) is 3.04. The molecular formula is C17H16N6OS2. The van der Waals surface area contributed by atoms with Gasteiger partial charge in [0.05, 0.1) is 11.8 Å². The first-order chi connectivity index (χ1) is 12.8. The summed E-state index contributed by atoms with van der Waals surface area (Å²) in [6.45, 7) is 3.93. The van der Waals surface area contributed by atoms with Crippen LogP contribution in [0.15, 0.2) is 30.6 Å². The molecule has 4 heterocycles. The topological polar surface area (TPSA) is 90.0 Å². The molecule has 1 aromatic carbocycles. The maximum absolute atomic E-state index is 10.5. The summed E-state index contributed by atoms with van der Waals surface area (Å²) in [5.41, 5.74) is 2.59. The minimum atomic E-state index is 0.215. The molecule has 7 nitrogen and oxygen atoms in total. The maximum Gasteiger partial charge on any atom is 0.188 e. The molecule has 3 N–H and O–H groups in total. The van der Waals surface area contributed by atoms with Crippen LogP contribution in [0.5, 0.6) is 5.75 Å². The summed E-state index contributed by atoms with van der Waals surface area (Å²) in [5.74, 6) is 0.215. The maximum atomic E-state index is 10.5. The van der Waals surface area contributed by atoms with Gasteiger partial charge in [-0.25, -0.2) is 9.97 Å². The monoisotopic (exact) mass is 384 g/mol. The molecule has 3 aromatic heterocycles. The highest BCUT2D eigenvalue weighted by Crippen LogP contribution is 2.40. The summed E-state index contributed by atoms with van der Waals surface area (Å²) < 4.78 is 0. The molecule has 0 aliphatic carbocycles. The molecule has 1 aliphatic rings. The summed E-state index contributed by atoms with van der Waals surface area (Å²) in [6.07, 6.45) is 3.53. The third kappa shape index (κ3) is 2.74. The van der Waals surface area contributed by atoms with Crippen molar-refractivity contribution in [3.8, 4) is 27.4 Å². The lowest BCUT2D eigenvalue weighted by atomic mass is 10.1. The lowest BCUT2D eigenvalue weighted by Gasteiger charge is -2.26. The zero-order valence-electron chi connectivity index (χ0n) is 13.8. The Labute approximate surface area is 157 Å².